The fourth-order valence-corrected chi connectivity index (χ4v) is 4.87. The van der Waals surface area contributed by atoms with Crippen LogP contribution in [0.1, 0.15) is 75.3 Å². The number of aromatic nitrogens is 2. The van der Waals surface area contributed by atoms with Gasteiger partial charge in [0.2, 0.25) is 5.91 Å². The van der Waals surface area contributed by atoms with E-state index in [1.807, 2.05) is 13.8 Å². The monoisotopic (exact) mass is 453 g/mol. The van der Waals surface area contributed by atoms with Crippen LogP contribution in [0.15, 0.2) is 29.1 Å². The molecule has 1 atom stereocenters. The van der Waals surface area contributed by atoms with Gasteiger partial charge in [-0.2, -0.15) is 5.10 Å². The lowest BCUT2D eigenvalue weighted by Gasteiger charge is -2.30. The Labute approximate surface area is 192 Å². The van der Waals surface area contributed by atoms with Gasteiger partial charge in [0, 0.05) is 17.8 Å². The average molecular weight is 454 g/mol. The first kappa shape index (κ1) is 22.9. The van der Waals surface area contributed by atoms with Gasteiger partial charge in [-0.1, -0.05) is 37.5 Å². The smallest absolute Gasteiger partial charge is 0.290 e. The standard InChI is InChI=1S/C24H31N5O4/c1-15(2)29-24(33)18-12-7-6-11-17(18)20(27-29)22(31)26-25-21(30)19-13-8-14-28(19)23(32)16-9-4-3-5-10-16/h6-7,11-12,15-16,19H,3-5,8-10,13-14H2,1-2H3,(H,25,30)(H,26,31). The highest BCUT2D eigenvalue weighted by molar-refractivity contribution is 6.05. The van der Waals surface area contributed by atoms with E-state index in [0.717, 1.165) is 38.5 Å². The number of fused-ring (bicyclic) bond motifs is 1. The average Bonchev–Trinajstić information content (AvgIpc) is 3.32. The Morgan fingerprint density at radius 3 is 2.36 bits per heavy atom. The summed E-state index contributed by atoms with van der Waals surface area (Å²) in [5.41, 5.74) is 4.70. The Balaban J connectivity index is 1.48. The summed E-state index contributed by atoms with van der Waals surface area (Å²) in [6, 6.07) is 5.95. The van der Waals surface area contributed by atoms with Gasteiger partial charge in [0.15, 0.2) is 5.69 Å². The van der Waals surface area contributed by atoms with Gasteiger partial charge in [0.25, 0.3) is 17.4 Å². The number of benzene rings is 1. The summed E-state index contributed by atoms with van der Waals surface area (Å²) in [4.78, 5) is 53.1. The number of rotatable bonds is 4. The van der Waals surface area contributed by atoms with Gasteiger partial charge < -0.3 is 4.90 Å². The van der Waals surface area contributed by atoms with Crippen molar-refractivity contribution in [2.45, 2.75) is 70.9 Å². The van der Waals surface area contributed by atoms with Gasteiger partial charge in [-0.3, -0.25) is 30.0 Å². The van der Waals surface area contributed by atoms with Crippen molar-refractivity contribution in [3.63, 3.8) is 0 Å². The van der Waals surface area contributed by atoms with Gasteiger partial charge in [-0.05, 0) is 45.6 Å². The minimum atomic E-state index is -0.614. The van der Waals surface area contributed by atoms with Gasteiger partial charge in [-0.25, -0.2) is 4.68 Å². The summed E-state index contributed by atoms with van der Waals surface area (Å²) in [5.74, 6) is -0.978. The summed E-state index contributed by atoms with van der Waals surface area (Å²) in [6.45, 7) is 4.18. The van der Waals surface area contributed by atoms with Crippen molar-refractivity contribution in [3.05, 3.63) is 40.3 Å². The van der Waals surface area contributed by atoms with Crippen LogP contribution in [0.5, 0.6) is 0 Å². The summed E-state index contributed by atoms with van der Waals surface area (Å²) in [5, 5.41) is 5.06. The van der Waals surface area contributed by atoms with Crippen molar-refractivity contribution in [2.24, 2.45) is 5.92 Å². The zero-order valence-electron chi connectivity index (χ0n) is 19.2. The minimum Gasteiger partial charge on any atom is -0.330 e. The molecule has 0 radical (unpaired) electrons. The lowest BCUT2D eigenvalue weighted by atomic mass is 9.88. The predicted octanol–water partition coefficient (Wildman–Crippen LogP) is 2.31. The molecule has 1 saturated carbocycles. The maximum absolute atomic E-state index is 13.0. The van der Waals surface area contributed by atoms with Crippen LogP contribution in [0.2, 0.25) is 0 Å². The third-order valence-electron chi connectivity index (χ3n) is 6.62. The molecule has 3 amide bonds. The molecule has 1 aliphatic heterocycles. The van der Waals surface area contributed by atoms with Crippen molar-refractivity contribution >= 4 is 28.5 Å². The topological polar surface area (TPSA) is 113 Å². The lowest BCUT2D eigenvalue weighted by molar-refractivity contribution is -0.142. The fourth-order valence-electron chi connectivity index (χ4n) is 4.87. The van der Waals surface area contributed by atoms with E-state index >= 15 is 0 Å². The van der Waals surface area contributed by atoms with Crippen LogP contribution >= 0.6 is 0 Å². The first-order valence-electron chi connectivity index (χ1n) is 11.8. The molecule has 1 saturated heterocycles. The number of likely N-dealkylation sites (tertiary alicyclic amines) is 1. The molecule has 0 bridgehead atoms. The largest absolute Gasteiger partial charge is 0.330 e. The zero-order valence-corrected chi connectivity index (χ0v) is 19.2. The van der Waals surface area contributed by atoms with Crippen LogP contribution in [0.3, 0.4) is 0 Å². The Morgan fingerprint density at radius 1 is 0.970 bits per heavy atom. The molecule has 9 heteroatoms. The van der Waals surface area contributed by atoms with Crippen LogP contribution in [-0.2, 0) is 9.59 Å². The molecule has 2 fully saturated rings. The van der Waals surface area contributed by atoms with Crippen molar-refractivity contribution < 1.29 is 14.4 Å². The number of carbonyl (C=O) groups excluding carboxylic acids is 3. The third-order valence-corrected chi connectivity index (χ3v) is 6.62. The molecule has 2 aliphatic rings. The molecule has 4 rings (SSSR count). The first-order valence-corrected chi connectivity index (χ1v) is 11.8. The molecule has 0 spiro atoms. The van der Waals surface area contributed by atoms with E-state index in [9.17, 15) is 19.2 Å². The number of nitrogens with zero attached hydrogens (tertiary/aromatic N) is 3. The molecule has 1 aromatic heterocycles. The predicted molar refractivity (Wildman–Crippen MR) is 123 cm³/mol. The number of amides is 3. The number of hydrogen-bond acceptors (Lipinski definition) is 5. The van der Waals surface area contributed by atoms with E-state index in [0.29, 0.717) is 23.7 Å². The van der Waals surface area contributed by atoms with E-state index in [4.69, 9.17) is 0 Å². The van der Waals surface area contributed by atoms with Crippen molar-refractivity contribution in [2.75, 3.05) is 6.54 Å². The second kappa shape index (κ2) is 9.72. The molecular weight excluding hydrogens is 422 g/mol. The molecule has 1 aromatic carbocycles. The maximum atomic E-state index is 13.0. The molecule has 33 heavy (non-hydrogen) atoms. The Kier molecular flexibility index (Phi) is 6.76. The van der Waals surface area contributed by atoms with Crippen molar-refractivity contribution in [1.82, 2.24) is 25.5 Å². The molecule has 1 aliphatic carbocycles. The third kappa shape index (κ3) is 4.62. The summed E-state index contributed by atoms with van der Waals surface area (Å²) in [6.07, 6.45) is 6.35. The van der Waals surface area contributed by atoms with Crippen LogP contribution in [0.4, 0.5) is 0 Å². The zero-order chi connectivity index (χ0) is 23.5. The second-order valence-electron chi connectivity index (χ2n) is 9.21. The quantitative estimate of drug-likeness (QED) is 0.690. The fraction of sp³-hybridized carbons (Fsp3) is 0.542. The van der Waals surface area contributed by atoms with Crippen LogP contribution in [0.25, 0.3) is 10.8 Å². The van der Waals surface area contributed by atoms with Crippen molar-refractivity contribution in [1.29, 1.82) is 0 Å². The maximum Gasteiger partial charge on any atom is 0.290 e. The van der Waals surface area contributed by atoms with E-state index in [1.165, 1.54) is 4.68 Å². The Hall–Kier alpha value is -3.23. The Morgan fingerprint density at radius 2 is 1.67 bits per heavy atom. The normalized spacial score (nSPS) is 19.1. The molecule has 2 N–H and O–H groups in total. The van der Waals surface area contributed by atoms with E-state index in [2.05, 4.69) is 16.0 Å². The molecule has 2 aromatic rings. The second-order valence-corrected chi connectivity index (χ2v) is 9.21. The molecule has 9 nitrogen and oxygen atoms in total. The lowest BCUT2D eigenvalue weighted by Crippen LogP contribution is -2.52. The van der Waals surface area contributed by atoms with Crippen molar-refractivity contribution in [3.8, 4) is 0 Å². The van der Waals surface area contributed by atoms with E-state index in [-0.39, 0.29) is 29.1 Å². The minimum absolute atomic E-state index is 0.00519. The van der Waals surface area contributed by atoms with Crippen LogP contribution in [-0.4, -0.2) is 45.0 Å². The van der Waals surface area contributed by atoms with Crippen LogP contribution < -0.4 is 16.4 Å². The summed E-state index contributed by atoms with van der Waals surface area (Å²) in [7, 11) is 0. The number of hydrogen-bond donors (Lipinski definition) is 2. The summed E-state index contributed by atoms with van der Waals surface area (Å²) >= 11 is 0. The number of carbonyl (C=O) groups is 3. The Bertz CT molecular complexity index is 1120. The molecule has 2 heterocycles. The van der Waals surface area contributed by atoms with Crippen LogP contribution in [0, 0.1) is 5.92 Å². The molecule has 176 valence electrons. The highest BCUT2D eigenvalue weighted by atomic mass is 16.2. The van der Waals surface area contributed by atoms with Gasteiger partial charge >= 0.3 is 0 Å². The highest BCUT2D eigenvalue weighted by Crippen LogP contribution is 2.28. The summed E-state index contributed by atoms with van der Waals surface area (Å²) < 4.78 is 1.26. The van der Waals surface area contributed by atoms with Gasteiger partial charge in [0.1, 0.15) is 6.04 Å². The van der Waals surface area contributed by atoms with Gasteiger partial charge in [0.05, 0.1) is 11.4 Å². The van der Waals surface area contributed by atoms with E-state index < -0.39 is 17.9 Å². The first-order chi connectivity index (χ1) is 15.9. The van der Waals surface area contributed by atoms with E-state index in [1.54, 1.807) is 29.2 Å². The molecule has 1 unspecified atom stereocenters. The highest BCUT2D eigenvalue weighted by Gasteiger charge is 2.37. The number of hydrazine groups is 1. The number of nitrogens with one attached hydrogen (secondary N) is 2. The molecular formula is C24H31N5O4. The SMILES string of the molecule is CC(C)n1nc(C(=O)NNC(=O)C2CCCN2C(=O)C2CCCCC2)c2ccccc2c1=O. The van der Waals surface area contributed by atoms with Gasteiger partial charge in [-0.15, -0.1) is 0 Å².